The van der Waals surface area contributed by atoms with E-state index < -0.39 is 0 Å². The largest absolute Gasteiger partial charge is 0.333 e. The number of halogens is 1. The van der Waals surface area contributed by atoms with Gasteiger partial charge in [-0.1, -0.05) is 42.1 Å². The number of thiophene rings is 1. The van der Waals surface area contributed by atoms with Gasteiger partial charge in [0, 0.05) is 6.42 Å². The normalized spacial score (nSPS) is 16.2. The van der Waals surface area contributed by atoms with Crippen LogP contribution in [0.4, 0.5) is 4.39 Å². The summed E-state index contributed by atoms with van der Waals surface area (Å²) in [5, 5.41) is 8.87. The molecular weight excluding hydrogens is 419 g/mol. The lowest BCUT2D eigenvalue weighted by atomic mass is 10.0. The number of hydrogen-bond donors (Lipinski definition) is 1. The Kier molecular flexibility index (Phi) is 5.10. The Labute approximate surface area is 180 Å². The number of para-hydroxylation sites is 2. The Balaban J connectivity index is 1.37. The number of carbonyl (C=O) groups excluding carboxylic acids is 1. The quantitative estimate of drug-likeness (QED) is 0.436. The van der Waals surface area contributed by atoms with Gasteiger partial charge in [-0.2, -0.15) is 5.10 Å². The fraction of sp³-hybridized carbons (Fsp3) is 0.136. The highest BCUT2D eigenvalue weighted by Gasteiger charge is 2.33. The first-order valence-electron chi connectivity index (χ1n) is 9.44. The van der Waals surface area contributed by atoms with Gasteiger partial charge in [-0.25, -0.2) is 14.4 Å². The molecule has 0 saturated heterocycles. The zero-order valence-electron chi connectivity index (χ0n) is 15.8. The molecule has 0 bridgehead atoms. The predicted molar refractivity (Wildman–Crippen MR) is 118 cm³/mol. The third-order valence-corrected chi connectivity index (χ3v) is 6.70. The molecule has 4 aromatic rings. The maximum atomic E-state index is 13.4. The molecule has 1 atom stereocenters. The van der Waals surface area contributed by atoms with E-state index in [-0.39, 0.29) is 23.5 Å². The zero-order valence-corrected chi connectivity index (χ0v) is 17.4. The molecule has 5 nitrogen and oxygen atoms in total. The minimum absolute atomic E-state index is 0.110. The summed E-state index contributed by atoms with van der Waals surface area (Å²) in [4.78, 5) is 21.9. The van der Waals surface area contributed by atoms with Crippen LogP contribution in [-0.4, -0.2) is 32.3 Å². The molecular formula is C22H17FN4OS2. The SMILES string of the molecule is O=C(CSc1nc2ccccc2[nH]1)N1N=C(c2cccs2)C[C@@H]1c1ccc(F)cc1. The summed E-state index contributed by atoms with van der Waals surface area (Å²) in [7, 11) is 0. The van der Waals surface area contributed by atoms with E-state index in [1.165, 1.54) is 28.9 Å². The third kappa shape index (κ3) is 3.76. The molecule has 5 rings (SSSR count). The Morgan fingerprint density at radius 1 is 1.17 bits per heavy atom. The number of amides is 1. The number of imidazole rings is 1. The van der Waals surface area contributed by atoms with Crippen molar-refractivity contribution in [3.05, 3.63) is 82.3 Å². The van der Waals surface area contributed by atoms with E-state index in [0.29, 0.717) is 11.6 Å². The number of rotatable bonds is 5. The van der Waals surface area contributed by atoms with Gasteiger partial charge in [-0.05, 0) is 41.3 Å². The summed E-state index contributed by atoms with van der Waals surface area (Å²) in [6.07, 6.45) is 0.604. The Bertz CT molecular complexity index is 1180. The lowest BCUT2D eigenvalue weighted by Crippen LogP contribution is -2.28. The molecule has 1 N–H and O–H groups in total. The highest BCUT2D eigenvalue weighted by atomic mass is 32.2. The number of hydrazone groups is 1. The minimum Gasteiger partial charge on any atom is -0.333 e. The number of carbonyl (C=O) groups is 1. The summed E-state index contributed by atoms with van der Waals surface area (Å²) in [6, 6.07) is 17.8. The van der Waals surface area contributed by atoms with Crippen molar-refractivity contribution in [2.45, 2.75) is 17.6 Å². The van der Waals surface area contributed by atoms with Crippen LogP contribution in [0.1, 0.15) is 22.9 Å². The van der Waals surface area contributed by atoms with Crippen LogP contribution in [0.5, 0.6) is 0 Å². The number of benzene rings is 2. The van der Waals surface area contributed by atoms with Crippen LogP contribution in [0.3, 0.4) is 0 Å². The molecule has 8 heteroatoms. The fourth-order valence-corrected chi connectivity index (χ4v) is 4.93. The predicted octanol–water partition coefficient (Wildman–Crippen LogP) is 5.23. The molecule has 30 heavy (non-hydrogen) atoms. The molecule has 0 aliphatic carbocycles. The number of aromatic nitrogens is 2. The number of thioether (sulfide) groups is 1. The molecule has 0 unspecified atom stereocenters. The number of nitrogens with zero attached hydrogens (tertiary/aromatic N) is 3. The second-order valence-electron chi connectivity index (χ2n) is 6.88. The van der Waals surface area contributed by atoms with Crippen molar-refractivity contribution in [3.8, 4) is 0 Å². The van der Waals surface area contributed by atoms with Crippen LogP contribution >= 0.6 is 23.1 Å². The van der Waals surface area contributed by atoms with Crippen LogP contribution in [0.15, 0.2) is 76.3 Å². The van der Waals surface area contributed by atoms with E-state index in [1.807, 2.05) is 41.8 Å². The van der Waals surface area contributed by atoms with E-state index >= 15 is 0 Å². The van der Waals surface area contributed by atoms with Gasteiger partial charge in [0.15, 0.2) is 5.16 Å². The van der Waals surface area contributed by atoms with Crippen LogP contribution in [0.25, 0.3) is 11.0 Å². The summed E-state index contributed by atoms with van der Waals surface area (Å²) < 4.78 is 13.4. The standard InChI is InChI=1S/C22H17FN4OS2/c23-15-9-7-14(8-10-15)19-12-18(20-6-3-11-29-20)26-27(19)21(28)13-30-22-24-16-4-1-2-5-17(16)25-22/h1-11,19H,12-13H2,(H,24,25)/t19-/m1/s1. The number of hydrogen-bond acceptors (Lipinski definition) is 5. The average Bonchev–Trinajstić information content (AvgIpc) is 3.51. The lowest BCUT2D eigenvalue weighted by Gasteiger charge is -2.21. The van der Waals surface area contributed by atoms with Crippen LogP contribution in [-0.2, 0) is 4.79 Å². The van der Waals surface area contributed by atoms with Gasteiger partial charge in [0.05, 0.1) is 33.4 Å². The summed E-state index contributed by atoms with van der Waals surface area (Å²) >= 11 is 2.95. The summed E-state index contributed by atoms with van der Waals surface area (Å²) in [6.45, 7) is 0. The van der Waals surface area contributed by atoms with Crippen molar-refractivity contribution in [3.63, 3.8) is 0 Å². The molecule has 1 amide bonds. The number of aromatic amines is 1. The van der Waals surface area contributed by atoms with Gasteiger partial charge < -0.3 is 4.98 Å². The number of H-pyrrole nitrogens is 1. The van der Waals surface area contributed by atoms with Gasteiger partial charge >= 0.3 is 0 Å². The Morgan fingerprint density at radius 2 is 2.00 bits per heavy atom. The van der Waals surface area contributed by atoms with Crippen molar-refractivity contribution in [2.24, 2.45) is 5.10 Å². The highest BCUT2D eigenvalue weighted by Crippen LogP contribution is 2.34. The van der Waals surface area contributed by atoms with Crippen molar-refractivity contribution in [1.82, 2.24) is 15.0 Å². The molecule has 150 valence electrons. The van der Waals surface area contributed by atoms with Crippen LogP contribution < -0.4 is 0 Å². The van der Waals surface area contributed by atoms with E-state index in [4.69, 9.17) is 0 Å². The Hall–Kier alpha value is -2.97. The molecule has 2 aromatic carbocycles. The average molecular weight is 437 g/mol. The molecule has 0 fully saturated rings. The van der Waals surface area contributed by atoms with Gasteiger partial charge in [0.25, 0.3) is 5.91 Å². The molecule has 1 aliphatic heterocycles. The van der Waals surface area contributed by atoms with Gasteiger partial charge in [0.1, 0.15) is 5.82 Å². The Morgan fingerprint density at radius 3 is 2.77 bits per heavy atom. The van der Waals surface area contributed by atoms with E-state index in [0.717, 1.165) is 27.2 Å². The first-order chi connectivity index (χ1) is 14.7. The highest BCUT2D eigenvalue weighted by molar-refractivity contribution is 7.99. The van der Waals surface area contributed by atoms with Crippen molar-refractivity contribution in [1.29, 1.82) is 0 Å². The molecule has 2 aromatic heterocycles. The smallest absolute Gasteiger partial charge is 0.253 e. The lowest BCUT2D eigenvalue weighted by molar-refractivity contribution is -0.130. The zero-order chi connectivity index (χ0) is 20.5. The van der Waals surface area contributed by atoms with E-state index in [1.54, 1.807) is 23.5 Å². The second kappa shape index (κ2) is 8.04. The third-order valence-electron chi connectivity index (χ3n) is 4.93. The molecule has 3 heterocycles. The molecule has 1 aliphatic rings. The van der Waals surface area contributed by atoms with Gasteiger partial charge in [0.2, 0.25) is 0 Å². The van der Waals surface area contributed by atoms with Crippen molar-refractivity contribution >= 4 is 45.8 Å². The second-order valence-corrected chi connectivity index (χ2v) is 8.79. The first kappa shape index (κ1) is 19.0. The maximum absolute atomic E-state index is 13.4. The maximum Gasteiger partial charge on any atom is 0.253 e. The van der Waals surface area contributed by atoms with E-state index in [9.17, 15) is 9.18 Å². The van der Waals surface area contributed by atoms with Crippen molar-refractivity contribution in [2.75, 3.05) is 5.75 Å². The molecule has 0 spiro atoms. The molecule has 0 radical (unpaired) electrons. The fourth-order valence-electron chi connectivity index (χ4n) is 3.47. The van der Waals surface area contributed by atoms with Crippen molar-refractivity contribution < 1.29 is 9.18 Å². The first-order valence-corrected chi connectivity index (χ1v) is 11.3. The number of nitrogens with one attached hydrogen (secondary N) is 1. The molecule has 0 saturated carbocycles. The van der Waals surface area contributed by atoms with Gasteiger partial charge in [-0.3, -0.25) is 4.79 Å². The minimum atomic E-state index is -0.297. The number of fused-ring (bicyclic) bond motifs is 1. The van der Waals surface area contributed by atoms with Crippen LogP contribution in [0.2, 0.25) is 0 Å². The summed E-state index contributed by atoms with van der Waals surface area (Å²) in [5.41, 5.74) is 3.56. The monoisotopic (exact) mass is 436 g/mol. The van der Waals surface area contributed by atoms with Crippen LogP contribution in [0, 0.1) is 5.82 Å². The van der Waals surface area contributed by atoms with E-state index in [2.05, 4.69) is 15.1 Å². The summed E-state index contributed by atoms with van der Waals surface area (Å²) in [5.74, 6) is -0.200. The topological polar surface area (TPSA) is 61.4 Å². The van der Waals surface area contributed by atoms with Gasteiger partial charge in [-0.15, -0.1) is 11.3 Å².